The van der Waals surface area contributed by atoms with Crippen LogP contribution in [0.4, 0.5) is 0 Å². The summed E-state index contributed by atoms with van der Waals surface area (Å²) in [5.41, 5.74) is 5.40. The standard InChI is InChI=1S/C8H15N3O/c9-3-1-2-8-11-6-4-10-5-7(6)12-8/h6-7,10H,1-5,9H2. The van der Waals surface area contributed by atoms with E-state index in [2.05, 4.69) is 10.3 Å². The first-order valence-corrected chi connectivity index (χ1v) is 4.54. The van der Waals surface area contributed by atoms with E-state index in [9.17, 15) is 0 Å². The van der Waals surface area contributed by atoms with Gasteiger partial charge in [-0.15, -0.1) is 0 Å². The van der Waals surface area contributed by atoms with Crippen LogP contribution in [0.25, 0.3) is 0 Å². The van der Waals surface area contributed by atoms with Gasteiger partial charge in [0.05, 0.1) is 0 Å². The second-order valence-corrected chi connectivity index (χ2v) is 3.30. The van der Waals surface area contributed by atoms with Crippen LogP contribution >= 0.6 is 0 Å². The zero-order valence-electron chi connectivity index (χ0n) is 7.12. The van der Waals surface area contributed by atoms with E-state index in [0.717, 1.165) is 38.4 Å². The van der Waals surface area contributed by atoms with Gasteiger partial charge in [-0.1, -0.05) is 0 Å². The summed E-state index contributed by atoms with van der Waals surface area (Å²) >= 11 is 0. The largest absolute Gasteiger partial charge is 0.474 e. The third-order valence-corrected chi connectivity index (χ3v) is 2.32. The third-order valence-electron chi connectivity index (χ3n) is 2.32. The third kappa shape index (κ3) is 1.44. The van der Waals surface area contributed by atoms with Gasteiger partial charge in [0.25, 0.3) is 0 Å². The Labute approximate surface area is 72.2 Å². The number of nitrogens with zero attached hydrogens (tertiary/aromatic N) is 1. The minimum absolute atomic E-state index is 0.303. The fourth-order valence-electron chi connectivity index (χ4n) is 1.66. The lowest BCUT2D eigenvalue weighted by atomic mass is 10.2. The van der Waals surface area contributed by atoms with Crippen molar-refractivity contribution in [2.24, 2.45) is 10.7 Å². The van der Waals surface area contributed by atoms with Crippen molar-refractivity contribution in [3.63, 3.8) is 0 Å². The van der Waals surface area contributed by atoms with Gasteiger partial charge in [-0.05, 0) is 13.0 Å². The molecule has 0 amide bonds. The molecule has 12 heavy (non-hydrogen) atoms. The van der Waals surface area contributed by atoms with Crippen LogP contribution in [0.5, 0.6) is 0 Å². The minimum Gasteiger partial charge on any atom is -0.474 e. The number of hydrogen-bond donors (Lipinski definition) is 2. The molecule has 68 valence electrons. The van der Waals surface area contributed by atoms with Crippen molar-refractivity contribution < 1.29 is 4.74 Å². The molecular formula is C8H15N3O. The van der Waals surface area contributed by atoms with Crippen molar-refractivity contribution in [1.29, 1.82) is 0 Å². The van der Waals surface area contributed by atoms with Gasteiger partial charge in [-0.3, -0.25) is 0 Å². The van der Waals surface area contributed by atoms with Crippen LogP contribution in [0.2, 0.25) is 0 Å². The molecule has 0 aromatic rings. The summed E-state index contributed by atoms with van der Waals surface area (Å²) in [5, 5.41) is 3.24. The summed E-state index contributed by atoms with van der Waals surface area (Å²) in [6, 6.07) is 0.373. The number of nitrogens with one attached hydrogen (secondary N) is 1. The Balaban J connectivity index is 1.85. The Morgan fingerprint density at radius 1 is 1.58 bits per heavy atom. The molecule has 1 fully saturated rings. The van der Waals surface area contributed by atoms with Crippen LogP contribution in [0.1, 0.15) is 12.8 Å². The predicted octanol–water partition coefficient (Wildman–Crippen LogP) is -0.506. The van der Waals surface area contributed by atoms with Crippen LogP contribution < -0.4 is 11.1 Å². The van der Waals surface area contributed by atoms with Crippen LogP contribution in [0, 0.1) is 0 Å². The predicted molar refractivity (Wildman–Crippen MR) is 47.3 cm³/mol. The van der Waals surface area contributed by atoms with Gasteiger partial charge in [-0.25, -0.2) is 4.99 Å². The maximum absolute atomic E-state index is 5.62. The Bertz CT molecular complexity index is 193. The summed E-state index contributed by atoms with van der Waals surface area (Å²) in [5.74, 6) is 0.914. The van der Waals surface area contributed by atoms with Gasteiger partial charge >= 0.3 is 0 Å². The van der Waals surface area contributed by atoms with Crippen LogP contribution in [-0.2, 0) is 4.74 Å². The fourth-order valence-corrected chi connectivity index (χ4v) is 1.66. The number of aliphatic imine (C=N–C) groups is 1. The summed E-state index contributed by atoms with van der Waals surface area (Å²) < 4.78 is 5.62. The molecule has 2 unspecified atom stereocenters. The Morgan fingerprint density at radius 3 is 3.25 bits per heavy atom. The second kappa shape index (κ2) is 3.41. The Hall–Kier alpha value is -0.610. The molecule has 2 heterocycles. The van der Waals surface area contributed by atoms with Crippen LogP contribution in [0.15, 0.2) is 4.99 Å². The normalized spacial score (nSPS) is 32.9. The first-order chi connectivity index (χ1) is 5.90. The average molecular weight is 169 g/mol. The number of hydrogen-bond acceptors (Lipinski definition) is 4. The van der Waals surface area contributed by atoms with Gasteiger partial charge in [0.1, 0.15) is 12.1 Å². The lowest BCUT2D eigenvalue weighted by molar-refractivity contribution is 0.219. The molecule has 4 heteroatoms. The molecule has 2 aliphatic rings. The minimum atomic E-state index is 0.303. The maximum atomic E-state index is 5.62. The lowest BCUT2D eigenvalue weighted by Crippen LogP contribution is -2.20. The molecular weight excluding hydrogens is 154 g/mol. The van der Waals surface area contributed by atoms with Crippen molar-refractivity contribution in [1.82, 2.24) is 5.32 Å². The lowest BCUT2D eigenvalue weighted by Gasteiger charge is -2.06. The topological polar surface area (TPSA) is 59.6 Å². The molecule has 0 aromatic carbocycles. The molecule has 2 aliphatic heterocycles. The summed E-state index contributed by atoms with van der Waals surface area (Å²) in [6.07, 6.45) is 2.19. The van der Waals surface area contributed by atoms with E-state index in [4.69, 9.17) is 10.5 Å². The van der Waals surface area contributed by atoms with Crippen molar-refractivity contribution in [3.05, 3.63) is 0 Å². The number of rotatable bonds is 3. The quantitative estimate of drug-likeness (QED) is 0.598. The molecule has 2 rings (SSSR count). The van der Waals surface area contributed by atoms with Crippen LogP contribution in [0.3, 0.4) is 0 Å². The first-order valence-electron chi connectivity index (χ1n) is 4.54. The first kappa shape index (κ1) is 8.01. The molecule has 0 aromatic heterocycles. The highest BCUT2D eigenvalue weighted by Crippen LogP contribution is 2.18. The second-order valence-electron chi connectivity index (χ2n) is 3.30. The van der Waals surface area contributed by atoms with E-state index in [0.29, 0.717) is 12.1 Å². The number of nitrogens with two attached hydrogens (primary N) is 1. The van der Waals surface area contributed by atoms with Gasteiger partial charge in [0.15, 0.2) is 5.90 Å². The SMILES string of the molecule is NCCCC1=NC2CNCC2O1. The van der Waals surface area contributed by atoms with Gasteiger partial charge in [0.2, 0.25) is 0 Å². The zero-order chi connectivity index (χ0) is 8.39. The van der Waals surface area contributed by atoms with Gasteiger partial charge in [-0.2, -0.15) is 0 Å². The number of fused-ring (bicyclic) bond motifs is 1. The van der Waals surface area contributed by atoms with Crippen molar-refractivity contribution >= 4 is 5.90 Å². The fraction of sp³-hybridized carbons (Fsp3) is 0.875. The molecule has 2 atom stereocenters. The van der Waals surface area contributed by atoms with Crippen molar-refractivity contribution in [2.45, 2.75) is 25.0 Å². The maximum Gasteiger partial charge on any atom is 0.184 e. The number of ether oxygens (including phenoxy) is 1. The molecule has 0 radical (unpaired) electrons. The Morgan fingerprint density at radius 2 is 2.50 bits per heavy atom. The summed E-state index contributed by atoms with van der Waals surface area (Å²) in [4.78, 5) is 4.46. The molecule has 0 aliphatic carbocycles. The van der Waals surface area contributed by atoms with E-state index in [1.54, 1.807) is 0 Å². The smallest absolute Gasteiger partial charge is 0.184 e. The van der Waals surface area contributed by atoms with Crippen molar-refractivity contribution in [3.8, 4) is 0 Å². The highest BCUT2D eigenvalue weighted by atomic mass is 16.5. The molecule has 0 bridgehead atoms. The van der Waals surface area contributed by atoms with Crippen LogP contribution in [-0.4, -0.2) is 37.7 Å². The summed E-state index contributed by atoms with van der Waals surface area (Å²) in [7, 11) is 0. The van der Waals surface area contributed by atoms with E-state index in [1.807, 2.05) is 0 Å². The van der Waals surface area contributed by atoms with E-state index < -0.39 is 0 Å². The molecule has 0 saturated carbocycles. The highest BCUT2D eigenvalue weighted by molar-refractivity contribution is 5.78. The Kier molecular flexibility index (Phi) is 2.28. The molecule has 4 nitrogen and oxygen atoms in total. The van der Waals surface area contributed by atoms with E-state index in [1.165, 1.54) is 0 Å². The van der Waals surface area contributed by atoms with Gasteiger partial charge in [0, 0.05) is 19.5 Å². The average Bonchev–Trinajstić information content (AvgIpc) is 2.58. The summed E-state index contributed by atoms with van der Waals surface area (Å²) in [6.45, 7) is 2.63. The molecule has 0 spiro atoms. The zero-order valence-corrected chi connectivity index (χ0v) is 7.12. The van der Waals surface area contributed by atoms with Gasteiger partial charge < -0.3 is 15.8 Å². The monoisotopic (exact) mass is 169 g/mol. The molecule has 3 N–H and O–H groups in total. The highest BCUT2D eigenvalue weighted by Gasteiger charge is 2.34. The molecule has 1 saturated heterocycles. The van der Waals surface area contributed by atoms with E-state index in [-0.39, 0.29) is 0 Å². The van der Waals surface area contributed by atoms with E-state index >= 15 is 0 Å². The van der Waals surface area contributed by atoms with Crippen molar-refractivity contribution in [2.75, 3.05) is 19.6 Å².